The van der Waals surface area contributed by atoms with E-state index in [1.807, 2.05) is 24.3 Å². The molecule has 6 nitrogen and oxygen atoms in total. The number of hydrogen-bond donors (Lipinski definition) is 1. The normalized spacial score (nSPS) is 10.0. The highest BCUT2D eigenvalue weighted by Crippen LogP contribution is 2.21. The summed E-state index contributed by atoms with van der Waals surface area (Å²) in [5.74, 6) is 0.534. The van der Waals surface area contributed by atoms with Gasteiger partial charge in [-0.3, -0.25) is 4.79 Å². The molecule has 0 bridgehead atoms. The van der Waals surface area contributed by atoms with Crippen molar-refractivity contribution in [2.24, 2.45) is 0 Å². The zero-order chi connectivity index (χ0) is 18.2. The first-order chi connectivity index (χ1) is 12.1. The number of methoxy groups -OCH3 is 3. The number of benzene rings is 2. The number of nitrogens with one attached hydrogen (secondary N) is 1. The maximum atomic E-state index is 12.1. The van der Waals surface area contributed by atoms with Crippen LogP contribution in [0, 0.1) is 0 Å². The molecule has 0 spiro atoms. The Hall–Kier alpha value is -3.02. The summed E-state index contributed by atoms with van der Waals surface area (Å²) in [6, 6.07) is 12.5. The zero-order valence-corrected chi connectivity index (χ0v) is 14.5. The fourth-order valence-corrected chi connectivity index (χ4v) is 2.37. The van der Waals surface area contributed by atoms with E-state index >= 15 is 0 Å². The number of ether oxygens (including phenoxy) is 3. The predicted molar refractivity (Wildman–Crippen MR) is 92.9 cm³/mol. The quantitative estimate of drug-likeness (QED) is 0.781. The predicted octanol–water partition coefficient (Wildman–Crippen LogP) is 2.35. The molecule has 0 aromatic heterocycles. The average molecular weight is 343 g/mol. The number of carbonyl (C=O) groups is 2. The van der Waals surface area contributed by atoms with Gasteiger partial charge in [0.1, 0.15) is 17.1 Å². The molecule has 2 aromatic carbocycles. The van der Waals surface area contributed by atoms with Gasteiger partial charge in [-0.1, -0.05) is 18.2 Å². The minimum absolute atomic E-state index is 0.122. The van der Waals surface area contributed by atoms with E-state index in [0.717, 1.165) is 11.1 Å². The molecular weight excluding hydrogens is 322 g/mol. The summed E-state index contributed by atoms with van der Waals surface area (Å²) in [5, 5.41) is 2.83. The monoisotopic (exact) mass is 343 g/mol. The summed E-state index contributed by atoms with van der Waals surface area (Å²) >= 11 is 0. The summed E-state index contributed by atoms with van der Waals surface area (Å²) in [6.07, 6.45) is 0.247. The molecule has 1 N–H and O–H groups in total. The van der Waals surface area contributed by atoms with E-state index in [-0.39, 0.29) is 12.3 Å². The topological polar surface area (TPSA) is 73.9 Å². The van der Waals surface area contributed by atoms with Crippen molar-refractivity contribution in [3.63, 3.8) is 0 Å². The number of hydrogen-bond acceptors (Lipinski definition) is 5. The fourth-order valence-electron chi connectivity index (χ4n) is 2.37. The highest BCUT2D eigenvalue weighted by atomic mass is 16.5. The molecule has 0 atom stereocenters. The Kier molecular flexibility index (Phi) is 6.39. The second kappa shape index (κ2) is 8.73. The van der Waals surface area contributed by atoms with Crippen LogP contribution in [-0.2, 0) is 22.5 Å². The van der Waals surface area contributed by atoms with Gasteiger partial charge in [0.25, 0.3) is 0 Å². The first-order valence-electron chi connectivity index (χ1n) is 7.72. The van der Waals surface area contributed by atoms with Gasteiger partial charge in [-0.15, -0.1) is 0 Å². The largest absolute Gasteiger partial charge is 0.497 e. The molecule has 1 amide bonds. The van der Waals surface area contributed by atoms with E-state index in [2.05, 4.69) is 5.32 Å². The van der Waals surface area contributed by atoms with Crippen LogP contribution in [0.3, 0.4) is 0 Å². The second-order valence-electron chi connectivity index (χ2n) is 5.33. The Morgan fingerprint density at radius 2 is 1.76 bits per heavy atom. The molecule has 0 saturated carbocycles. The van der Waals surface area contributed by atoms with Gasteiger partial charge >= 0.3 is 5.97 Å². The number of amides is 1. The van der Waals surface area contributed by atoms with Gasteiger partial charge < -0.3 is 19.5 Å². The molecule has 0 aliphatic carbocycles. The van der Waals surface area contributed by atoms with Crippen molar-refractivity contribution in [2.45, 2.75) is 13.0 Å². The summed E-state index contributed by atoms with van der Waals surface area (Å²) in [5.41, 5.74) is 1.96. The van der Waals surface area contributed by atoms with Crippen molar-refractivity contribution >= 4 is 11.9 Å². The Morgan fingerprint density at radius 3 is 2.44 bits per heavy atom. The van der Waals surface area contributed by atoms with E-state index in [1.54, 1.807) is 25.3 Å². The van der Waals surface area contributed by atoms with Crippen LogP contribution < -0.4 is 14.8 Å². The van der Waals surface area contributed by atoms with Crippen LogP contribution in [0.1, 0.15) is 21.5 Å². The Balaban J connectivity index is 2.00. The van der Waals surface area contributed by atoms with E-state index < -0.39 is 5.97 Å². The smallest absolute Gasteiger partial charge is 0.341 e. The van der Waals surface area contributed by atoms with Crippen LogP contribution in [0.25, 0.3) is 0 Å². The first kappa shape index (κ1) is 18.3. The third-order valence-electron chi connectivity index (χ3n) is 3.66. The lowest BCUT2D eigenvalue weighted by atomic mass is 10.1. The van der Waals surface area contributed by atoms with Crippen molar-refractivity contribution in [3.8, 4) is 11.5 Å². The van der Waals surface area contributed by atoms with Crippen molar-refractivity contribution in [1.82, 2.24) is 5.32 Å². The third kappa shape index (κ3) is 4.97. The van der Waals surface area contributed by atoms with Gasteiger partial charge in [0.15, 0.2) is 0 Å². The Bertz CT molecular complexity index is 757. The second-order valence-corrected chi connectivity index (χ2v) is 5.33. The highest BCUT2D eigenvalue weighted by molar-refractivity contribution is 5.92. The number of carbonyl (C=O) groups excluding carboxylic acids is 2. The maximum Gasteiger partial charge on any atom is 0.341 e. The van der Waals surface area contributed by atoms with Crippen molar-refractivity contribution in [2.75, 3.05) is 21.3 Å². The van der Waals surface area contributed by atoms with Crippen molar-refractivity contribution < 1.29 is 23.8 Å². The van der Waals surface area contributed by atoms with E-state index in [9.17, 15) is 9.59 Å². The number of rotatable bonds is 7. The van der Waals surface area contributed by atoms with Gasteiger partial charge in [0.05, 0.1) is 27.8 Å². The molecule has 0 saturated heterocycles. The summed E-state index contributed by atoms with van der Waals surface area (Å²) in [7, 11) is 4.38. The van der Waals surface area contributed by atoms with Crippen LogP contribution in [0.15, 0.2) is 42.5 Å². The minimum Gasteiger partial charge on any atom is -0.497 e. The fraction of sp³-hybridized carbons (Fsp3) is 0.263. The maximum absolute atomic E-state index is 12.1. The average Bonchev–Trinajstić information content (AvgIpc) is 2.65. The van der Waals surface area contributed by atoms with E-state index in [4.69, 9.17) is 14.2 Å². The molecule has 0 radical (unpaired) electrons. The van der Waals surface area contributed by atoms with Crippen LogP contribution in [0.2, 0.25) is 0 Å². The molecule has 0 aliphatic heterocycles. The van der Waals surface area contributed by atoms with Crippen LogP contribution in [-0.4, -0.2) is 33.2 Å². The molecule has 2 rings (SSSR count). The standard InChI is InChI=1S/C19H21NO5/c1-23-15-6-4-5-13(9-15)11-18(21)20-12-14-7-8-17(24-2)16(10-14)19(22)25-3/h4-10H,11-12H2,1-3H3,(H,20,21). The van der Waals surface area contributed by atoms with Gasteiger partial charge in [0.2, 0.25) is 5.91 Å². The van der Waals surface area contributed by atoms with Crippen LogP contribution in [0.5, 0.6) is 11.5 Å². The molecule has 132 valence electrons. The zero-order valence-electron chi connectivity index (χ0n) is 14.5. The lowest BCUT2D eigenvalue weighted by Crippen LogP contribution is -2.24. The van der Waals surface area contributed by atoms with Gasteiger partial charge in [-0.05, 0) is 35.4 Å². The molecule has 0 unspecified atom stereocenters. The summed E-state index contributed by atoms with van der Waals surface area (Å²) in [4.78, 5) is 23.9. The van der Waals surface area contributed by atoms with Crippen LogP contribution >= 0.6 is 0 Å². The lowest BCUT2D eigenvalue weighted by molar-refractivity contribution is -0.120. The number of esters is 1. The molecule has 6 heteroatoms. The van der Waals surface area contributed by atoms with Gasteiger partial charge in [-0.25, -0.2) is 4.79 Å². The summed E-state index contributed by atoms with van der Waals surface area (Å²) in [6.45, 7) is 0.302. The highest BCUT2D eigenvalue weighted by Gasteiger charge is 2.14. The van der Waals surface area contributed by atoms with Crippen LogP contribution in [0.4, 0.5) is 0 Å². The minimum atomic E-state index is -0.485. The molecular formula is C19H21NO5. The molecule has 2 aromatic rings. The lowest BCUT2D eigenvalue weighted by Gasteiger charge is -2.10. The first-order valence-corrected chi connectivity index (χ1v) is 7.72. The molecule has 0 aliphatic rings. The van der Waals surface area contributed by atoms with E-state index in [1.165, 1.54) is 14.2 Å². The van der Waals surface area contributed by atoms with E-state index in [0.29, 0.717) is 23.6 Å². The third-order valence-corrected chi connectivity index (χ3v) is 3.66. The Morgan fingerprint density at radius 1 is 0.960 bits per heavy atom. The van der Waals surface area contributed by atoms with Gasteiger partial charge in [-0.2, -0.15) is 0 Å². The summed E-state index contributed by atoms with van der Waals surface area (Å²) < 4.78 is 15.0. The van der Waals surface area contributed by atoms with Crippen molar-refractivity contribution in [3.05, 3.63) is 59.2 Å². The Labute approximate surface area is 146 Å². The van der Waals surface area contributed by atoms with Gasteiger partial charge in [0, 0.05) is 6.54 Å². The van der Waals surface area contributed by atoms with Crippen molar-refractivity contribution in [1.29, 1.82) is 0 Å². The molecule has 0 fully saturated rings. The molecule has 0 heterocycles. The molecule has 25 heavy (non-hydrogen) atoms. The SMILES string of the molecule is COC(=O)c1cc(CNC(=O)Cc2cccc(OC)c2)ccc1OC.